The third-order valence-electron chi connectivity index (χ3n) is 4.05. The average molecular weight is 347 g/mol. The Balaban J connectivity index is 1.93. The number of aromatic carboxylic acids is 1. The summed E-state index contributed by atoms with van der Waals surface area (Å²) in [4.78, 5) is 19.6. The molecule has 0 aliphatic carbocycles. The highest BCUT2D eigenvalue weighted by Crippen LogP contribution is 2.33. The minimum Gasteiger partial charge on any atom is -0.478 e. The van der Waals surface area contributed by atoms with Gasteiger partial charge >= 0.3 is 5.97 Å². The molecule has 0 unspecified atom stereocenters. The fourth-order valence-electron chi connectivity index (χ4n) is 2.90. The second-order valence-corrected chi connectivity index (χ2v) is 7.68. The molecule has 1 aliphatic rings. The monoisotopic (exact) mass is 347 g/mol. The van der Waals surface area contributed by atoms with Crippen LogP contribution < -0.4 is 0 Å². The van der Waals surface area contributed by atoms with Gasteiger partial charge < -0.3 is 5.11 Å². The van der Waals surface area contributed by atoms with Crippen molar-refractivity contribution in [3.63, 3.8) is 0 Å². The van der Waals surface area contributed by atoms with Crippen molar-refractivity contribution in [3.05, 3.63) is 47.9 Å². The molecule has 1 aromatic carbocycles. The molecule has 0 saturated carbocycles. The van der Waals surface area contributed by atoms with Crippen molar-refractivity contribution < 1.29 is 18.3 Å². The van der Waals surface area contributed by atoms with E-state index < -0.39 is 16.0 Å². The van der Waals surface area contributed by atoms with Crippen LogP contribution in [0.15, 0.2) is 36.7 Å². The number of hydrogen-bond acceptors (Lipinski definition) is 5. The Bertz CT molecular complexity index is 865. The van der Waals surface area contributed by atoms with Crippen LogP contribution in [0.2, 0.25) is 0 Å². The van der Waals surface area contributed by atoms with E-state index in [0.29, 0.717) is 24.4 Å². The Morgan fingerprint density at radius 1 is 1.25 bits per heavy atom. The van der Waals surface area contributed by atoms with Gasteiger partial charge in [-0.15, -0.1) is 0 Å². The first-order valence-corrected chi connectivity index (χ1v) is 9.33. The lowest BCUT2D eigenvalue weighted by Crippen LogP contribution is -2.30. The maximum Gasteiger partial charge on any atom is 0.335 e. The zero-order chi connectivity index (χ0) is 17.3. The van der Waals surface area contributed by atoms with Gasteiger partial charge in [0.15, 0.2) is 0 Å². The molecule has 126 valence electrons. The van der Waals surface area contributed by atoms with Crippen LogP contribution in [0.1, 0.15) is 34.9 Å². The molecular formula is C16H17N3O4S. The van der Waals surface area contributed by atoms with Gasteiger partial charge in [-0.1, -0.05) is 12.1 Å². The Morgan fingerprint density at radius 3 is 2.58 bits per heavy atom. The molecule has 1 atom stereocenters. The van der Waals surface area contributed by atoms with E-state index in [0.717, 1.165) is 12.0 Å². The molecule has 7 nitrogen and oxygen atoms in total. The maximum absolute atomic E-state index is 11.9. The maximum atomic E-state index is 11.9. The van der Waals surface area contributed by atoms with Gasteiger partial charge in [0.2, 0.25) is 10.0 Å². The minimum absolute atomic E-state index is 0.196. The van der Waals surface area contributed by atoms with Crippen LogP contribution in [0.25, 0.3) is 11.3 Å². The molecular weight excluding hydrogens is 330 g/mol. The van der Waals surface area contributed by atoms with Crippen molar-refractivity contribution in [2.24, 2.45) is 0 Å². The second kappa shape index (κ2) is 6.29. The first-order chi connectivity index (χ1) is 11.4. The van der Waals surface area contributed by atoms with Gasteiger partial charge in [0.05, 0.1) is 41.6 Å². The van der Waals surface area contributed by atoms with Crippen LogP contribution in [-0.4, -0.2) is 46.6 Å². The zero-order valence-electron chi connectivity index (χ0n) is 13.1. The molecule has 0 radical (unpaired) electrons. The van der Waals surface area contributed by atoms with Gasteiger partial charge in [-0.05, 0) is 25.0 Å². The van der Waals surface area contributed by atoms with Gasteiger partial charge in [0, 0.05) is 12.1 Å². The third-order valence-corrected chi connectivity index (χ3v) is 5.34. The quantitative estimate of drug-likeness (QED) is 0.907. The highest BCUT2D eigenvalue weighted by atomic mass is 32.2. The van der Waals surface area contributed by atoms with Crippen LogP contribution in [0.4, 0.5) is 0 Å². The smallest absolute Gasteiger partial charge is 0.335 e. The lowest BCUT2D eigenvalue weighted by atomic mass is 10.1. The van der Waals surface area contributed by atoms with Gasteiger partial charge in [0.1, 0.15) is 0 Å². The lowest BCUT2D eigenvalue weighted by molar-refractivity contribution is 0.0697. The summed E-state index contributed by atoms with van der Waals surface area (Å²) >= 11 is 0. The molecule has 1 saturated heterocycles. The summed E-state index contributed by atoms with van der Waals surface area (Å²) in [5.74, 6) is -0.990. The minimum atomic E-state index is -3.29. The van der Waals surface area contributed by atoms with Crippen LogP contribution in [0, 0.1) is 0 Å². The number of benzene rings is 1. The molecule has 8 heteroatoms. The second-order valence-electron chi connectivity index (χ2n) is 5.74. The molecule has 2 aromatic rings. The van der Waals surface area contributed by atoms with E-state index in [1.165, 1.54) is 22.7 Å². The number of carbonyl (C=O) groups is 1. The Morgan fingerprint density at radius 2 is 1.96 bits per heavy atom. The van der Waals surface area contributed by atoms with Crippen LogP contribution in [-0.2, 0) is 10.0 Å². The van der Waals surface area contributed by atoms with Gasteiger partial charge in [-0.2, -0.15) is 4.31 Å². The summed E-state index contributed by atoms with van der Waals surface area (Å²) in [5, 5.41) is 8.95. The predicted octanol–water partition coefficient (Wildman–Crippen LogP) is 1.94. The van der Waals surface area contributed by atoms with Gasteiger partial charge in [-0.25, -0.2) is 18.2 Å². The molecule has 1 aliphatic heterocycles. The topological polar surface area (TPSA) is 100 Å². The van der Waals surface area contributed by atoms with Crippen molar-refractivity contribution >= 4 is 16.0 Å². The van der Waals surface area contributed by atoms with Crippen LogP contribution >= 0.6 is 0 Å². The first kappa shape index (κ1) is 16.5. The molecule has 0 spiro atoms. The molecule has 24 heavy (non-hydrogen) atoms. The zero-order valence-corrected chi connectivity index (χ0v) is 13.9. The SMILES string of the molecule is CS(=O)(=O)N1CCC[C@H]1c1cncc(-c2ccc(C(=O)O)cc2)n1. The highest BCUT2D eigenvalue weighted by molar-refractivity contribution is 7.88. The Labute approximate surface area is 140 Å². The number of hydrogen-bond donors (Lipinski definition) is 1. The van der Waals surface area contributed by atoms with Crippen molar-refractivity contribution in [2.75, 3.05) is 12.8 Å². The van der Waals surface area contributed by atoms with E-state index in [4.69, 9.17) is 5.11 Å². The van der Waals surface area contributed by atoms with E-state index in [1.54, 1.807) is 24.5 Å². The molecule has 1 fully saturated rings. The Hall–Kier alpha value is -2.32. The molecule has 1 aromatic heterocycles. The van der Waals surface area contributed by atoms with Crippen molar-refractivity contribution in [3.8, 4) is 11.3 Å². The fourth-order valence-corrected chi connectivity index (χ4v) is 4.03. The number of carboxylic acids is 1. The van der Waals surface area contributed by atoms with Crippen LogP contribution in [0.3, 0.4) is 0 Å². The standard InChI is InChI=1S/C16H17N3O4S/c1-24(22,23)19-8-2-3-15(19)14-10-17-9-13(18-14)11-4-6-12(7-5-11)16(20)21/h4-7,9-10,15H,2-3,8H2,1H3,(H,20,21)/t15-/m0/s1. The summed E-state index contributed by atoms with van der Waals surface area (Å²) in [6, 6.07) is 6.04. The average Bonchev–Trinajstić information content (AvgIpc) is 3.05. The van der Waals surface area contributed by atoms with E-state index in [-0.39, 0.29) is 11.6 Å². The molecule has 3 rings (SSSR count). The van der Waals surface area contributed by atoms with E-state index in [2.05, 4.69) is 9.97 Å². The largest absolute Gasteiger partial charge is 0.478 e. The van der Waals surface area contributed by atoms with Gasteiger partial charge in [0.25, 0.3) is 0 Å². The summed E-state index contributed by atoms with van der Waals surface area (Å²) in [7, 11) is -3.29. The Kier molecular flexibility index (Phi) is 4.33. The number of sulfonamides is 1. The summed E-state index contributed by atoms with van der Waals surface area (Å²) in [5.41, 5.74) is 2.13. The first-order valence-electron chi connectivity index (χ1n) is 7.49. The van der Waals surface area contributed by atoms with E-state index in [9.17, 15) is 13.2 Å². The number of aromatic nitrogens is 2. The number of nitrogens with zero attached hydrogens (tertiary/aromatic N) is 3. The van der Waals surface area contributed by atoms with Crippen molar-refractivity contribution in [1.29, 1.82) is 0 Å². The molecule has 1 N–H and O–H groups in total. The fraction of sp³-hybridized carbons (Fsp3) is 0.312. The summed E-state index contributed by atoms with van der Waals surface area (Å²) in [6.07, 6.45) is 5.87. The van der Waals surface area contributed by atoms with Crippen molar-refractivity contribution in [2.45, 2.75) is 18.9 Å². The lowest BCUT2D eigenvalue weighted by Gasteiger charge is -2.21. The molecule has 0 amide bonds. The third kappa shape index (κ3) is 3.29. The summed E-state index contributed by atoms with van der Waals surface area (Å²) < 4.78 is 25.2. The van der Waals surface area contributed by atoms with Crippen LogP contribution in [0.5, 0.6) is 0 Å². The normalized spacial score (nSPS) is 18.6. The van der Waals surface area contributed by atoms with Gasteiger partial charge in [-0.3, -0.25) is 4.98 Å². The molecule has 2 heterocycles. The number of carboxylic acid groups (broad SMARTS) is 1. The van der Waals surface area contributed by atoms with E-state index >= 15 is 0 Å². The number of rotatable bonds is 4. The van der Waals surface area contributed by atoms with E-state index in [1.807, 2.05) is 0 Å². The molecule has 0 bridgehead atoms. The highest BCUT2D eigenvalue weighted by Gasteiger charge is 2.33. The predicted molar refractivity (Wildman–Crippen MR) is 88.0 cm³/mol. The summed E-state index contributed by atoms with van der Waals surface area (Å²) in [6.45, 7) is 0.489. The van der Waals surface area contributed by atoms with Crippen molar-refractivity contribution in [1.82, 2.24) is 14.3 Å².